The molecule has 0 bridgehead atoms. The molecular weight excluding hydrogens is 368 g/mol. The van der Waals surface area contributed by atoms with E-state index in [4.69, 9.17) is 9.47 Å². The van der Waals surface area contributed by atoms with Gasteiger partial charge in [0, 0.05) is 17.7 Å². The summed E-state index contributed by atoms with van der Waals surface area (Å²) in [5.74, 6) is -1.30. The number of thiophene rings is 2. The van der Waals surface area contributed by atoms with Crippen LogP contribution in [0.25, 0.3) is 0 Å². The molecule has 2 aromatic rings. The minimum absolute atomic E-state index is 0.00883. The fraction of sp³-hybridized carbons (Fsp3) is 0.267. The summed E-state index contributed by atoms with van der Waals surface area (Å²) in [6.07, 6.45) is 1.40. The van der Waals surface area contributed by atoms with Crippen molar-refractivity contribution in [2.75, 3.05) is 13.2 Å². The zero-order chi connectivity index (χ0) is 18.4. The van der Waals surface area contributed by atoms with Crippen molar-refractivity contribution in [3.8, 4) is 0 Å². The van der Waals surface area contributed by atoms with E-state index < -0.39 is 16.9 Å². The van der Waals surface area contributed by atoms with E-state index in [1.54, 1.807) is 19.9 Å². The summed E-state index contributed by atoms with van der Waals surface area (Å²) in [4.78, 5) is 39.1. The first-order valence-electron chi connectivity index (χ1n) is 7.21. The van der Waals surface area contributed by atoms with Gasteiger partial charge in [0.05, 0.1) is 28.6 Å². The van der Waals surface area contributed by atoms with Gasteiger partial charge in [-0.1, -0.05) is 11.3 Å². The Morgan fingerprint density at radius 3 is 2.52 bits per heavy atom. The first-order chi connectivity index (χ1) is 12.0. The van der Waals surface area contributed by atoms with Gasteiger partial charge < -0.3 is 9.47 Å². The van der Waals surface area contributed by atoms with Gasteiger partial charge in [0.25, 0.3) is 0 Å². The van der Waals surface area contributed by atoms with Gasteiger partial charge in [0.1, 0.15) is 10.6 Å². The lowest BCUT2D eigenvalue weighted by Gasteiger charge is -2.04. The number of carbonyl (C=O) groups is 2. The van der Waals surface area contributed by atoms with Gasteiger partial charge in [0.15, 0.2) is 0 Å². The predicted octanol–water partition coefficient (Wildman–Crippen LogP) is 3.82. The molecule has 0 aromatic carbocycles. The Morgan fingerprint density at radius 1 is 1.24 bits per heavy atom. The average Bonchev–Trinajstić information content (AvgIpc) is 3.20. The Bertz CT molecular complexity index is 824. The van der Waals surface area contributed by atoms with Crippen LogP contribution < -0.4 is 0 Å². The molecule has 2 rings (SSSR count). The van der Waals surface area contributed by atoms with E-state index in [0.29, 0.717) is 4.88 Å². The summed E-state index contributed by atoms with van der Waals surface area (Å²) in [6.45, 7) is 3.64. The van der Waals surface area contributed by atoms with Gasteiger partial charge in [0.2, 0.25) is 0 Å². The molecule has 0 aliphatic carbocycles. The summed E-state index contributed by atoms with van der Waals surface area (Å²) < 4.78 is 9.92. The van der Waals surface area contributed by atoms with Crippen LogP contribution in [0.15, 0.2) is 22.5 Å². The highest BCUT2D eigenvalue weighted by Gasteiger charge is 2.25. The molecule has 2 aromatic heterocycles. The van der Waals surface area contributed by atoms with Crippen molar-refractivity contribution in [3.05, 3.63) is 43.6 Å². The quantitative estimate of drug-likeness (QED) is 0.312. The van der Waals surface area contributed by atoms with Crippen LogP contribution in [0.3, 0.4) is 0 Å². The van der Waals surface area contributed by atoms with Gasteiger partial charge in [-0.2, -0.15) is 0 Å². The molecule has 0 spiro atoms. The third-order valence-electron chi connectivity index (χ3n) is 2.85. The van der Waals surface area contributed by atoms with Crippen LogP contribution in [0.1, 0.15) is 39.4 Å². The summed E-state index contributed by atoms with van der Waals surface area (Å²) in [5.41, 5.74) is 0.127. The molecule has 0 aliphatic rings. The Kier molecular flexibility index (Phi) is 6.37. The van der Waals surface area contributed by atoms with Gasteiger partial charge in [-0.25, -0.2) is 14.6 Å². The SMILES string of the molecule is CCOC(=O)c1csc(N=Cc2ccc([N+](=O)[O-])s2)c1C(=O)OCC. The van der Waals surface area contributed by atoms with E-state index in [2.05, 4.69) is 4.99 Å². The monoisotopic (exact) mass is 382 g/mol. The molecule has 0 saturated carbocycles. The number of aliphatic imine (C=N–C) groups is 1. The molecule has 0 atom stereocenters. The maximum Gasteiger partial charge on any atom is 0.342 e. The number of rotatable bonds is 7. The molecule has 0 radical (unpaired) electrons. The minimum atomic E-state index is -0.670. The Hall–Kier alpha value is -2.59. The van der Waals surface area contributed by atoms with E-state index in [0.717, 1.165) is 22.7 Å². The lowest BCUT2D eigenvalue weighted by atomic mass is 10.2. The smallest absolute Gasteiger partial charge is 0.342 e. The van der Waals surface area contributed by atoms with Crippen LogP contribution in [0.2, 0.25) is 0 Å². The summed E-state index contributed by atoms with van der Waals surface area (Å²) in [5, 5.41) is 12.5. The number of nitro groups is 1. The molecule has 0 saturated heterocycles. The number of hydrogen-bond acceptors (Lipinski definition) is 9. The molecule has 0 fully saturated rings. The van der Waals surface area contributed by atoms with Crippen molar-refractivity contribution < 1.29 is 24.0 Å². The number of ether oxygens (including phenoxy) is 2. The largest absolute Gasteiger partial charge is 0.462 e. The van der Waals surface area contributed by atoms with Crippen molar-refractivity contribution in [2.45, 2.75) is 13.8 Å². The standard InChI is InChI=1S/C15H14N2O6S2/c1-3-22-14(18)10-8-24-13(12(10)15(19)23-4-2)16-7-9-5-6-11(25-9)17(20)21/h5-8H,3-4H2,1-2H3. The molecule has 8 nitrogen and oxygen atoms in total. The van der Waals surface area contributed by atoms with Gasteiger partial charge in [-0.05, 0) is 19.9 Å². The Labute approximate surface area is 150 Å². The molecular formula is C15H14N2O6S2. The predicted molar refractivity (Wildman–Crippen MR) is 94.5 cm³/mol. The summed E-state index contributed by atoms with van der Waals surface area (Å²) in [6, 6.07) is 2.92. The maximum atomic E-state index is 12.2. The van der Waals surface area contributed by atoms with Crippen molar-refractivity contribution in [2.24, 2.45) is 4.99 Å². The highest BCUT2D eigenvalue weighted by Crippen LogP contribution is 2.33. The molecule has 0 N–H and O–H groups in total. The maximum absolute atomic E-state index is 12.2. The van der Waals surface area contributed by atoms with Gasteiger partial charge >= 0.3 is 16.9 Å². The van der Waals surface area contributed by atoms with Crippen molar-refractivity contribution >= 4 is 50.8 Å². The van der Waals surface area contributed by atoms with Crippen molar-refractivity contribution in [1.29, 1.82) is 0 Å². The number of carbonyl (C=O) groups excluding carboxylic acids is 2. The van der Waals surface area contributed by atoms with Crippen LogP contribution in [0, 0.1) is 10.1 Å². The summed E-state index contributed by atoms with van der Waals surface area (Å²) in [7, 11) is 0. The molecule has 2 heterocycles. The zero-order valence-electron chi connectivity index (χ0n) is 13.4. The second-order valence-corrected chi connectivity index (χ2v) is 6.41. The third kappa shape index (κ3) is 4.48. The molecule has 132 valence electrons. The van der Waals surface area contributed by atoms with Crippen LogP contribution in [-0.4, -0.2) is 36.3 Å². The number of nitrogens with zero attached hydrogens (tertiary/aromatic N) is 2. The average molecular weight is 382 g/mol. The highest BCUT2D eigenvalue weighted by molar-refractivity contribution is 7.17. The van der Waals surface area contributed by atoms with Crippen molar-refractivity contribution in [1.82, 2.24) is 0 Å². The van der Waals surface area contributed by atoms with E-state index in [-0.39, 0.29) is 34.3 Å². The van der Waals surface area contributed by atoms with Crippen molar-refractivity contribution in [3.63, 3.8) is 0 Å². The molecule has 25 heavy (non-hydrogen) atoms. The molecule has 0 amide bonds. The topological polar surface area (TPSA) is 108 Å². The van der Waals surface area contributed by atoms with Gasteiger partial charge in [-0.3, -0.25) is 10.1 Å². The second kappa shape index (κ2) is 8.49. The van der Waals surface area contributed by atoms with E-state index in [9.17, 15) is 19.7 Å². The lowest BCUT2D eigenvalue weighted by molar-refractivity contribution is -0.380. The molecule has 0 unspecified atom stereocenters. The fourth-order valence-electron chi connectivity index (χ4n) is 1.83. The Morgan fingerprint density at radius 2 is 1.92 bits per heavy atom. The fourth-order valence-corrected chi connectivity index (χ4v) is 3.40. The number of esters is 2. The first kappa shape index (κ1) is 18.7. The Balaban J connectivity index is 2.35. The van der Waals surface area contributed by atoms with Crippen LogP contribution in [-0.2, 0) is 9.47 Å². The zero-order valence-corrected chi connectivity index (χ0v) is 15.0. The van der Waals surface area contributed by atoms with E-state index in [1.165, 1.54) is 17.7 Å². The minimum Gasteiger partial charge on any atom is -0.462 e. The molecule has 0 aliphatic heterocycles. The van der Waals surface area contributed by atoms with Gasteiger partial charge in [-0.15, -0.1) is 11.3 Å². The highest BCUT2D eigenvalue weighted by atomic mass is 32.1. The number of hydrogen-bond donors (Lipinski definition) is 0. The first-order valence-corrected chi connectivity index (χ1v) is 8.91. The summed E-state index contributed by atoms with van der Waals surface area (Å²) >= 11 is 2.04. The van der Waals surface area contributed by atoms with Crippen LogP contribution in [0.5, 0.6) is 0 Å². The van der Waals surface area contributed by atoms with E-state index >= 15 is 0 Å². The normalized spacial score (nSPS) is 10.8. The lowest BCUT2D eigenvalue weighted by Crippen LogP contribution is -2.12. The third-order valence-corrected chi connectivity index (χ3v) is 4.71. The second-order valence-electron chi connectivity index (χ2n) is 4.46. The molecule has 10 heteroatoms. The van der Waals surface area contributed by atoms with Crippen LogP contribution >= 0.6 is 22.7 Å². The van der Waals surface area contributed by atoms with Crippen LogP contribution in [0.4, 0.5) is 10.0 Å². The van der Waals surface area contributed by atoms with E-state index in [1.807, 2.05) is 0 Å².